The second-order valence-electron chi connectivity index (χ2n) is 5.84. The molecule has 2 heterocycles. The first-order valence-electron chi connectivity index (χ1n) is 7.20. The summed E-state index contributed by atoms with van der Waals surface area (Å²) in [4.78, 5) is 4.87. The van der Waals surface area contributed by atoms with E-state index in [4.69, 9.17) is 5.73 Å². The molecule has 0 bridgehead atoms. The molecule has 5 nitrogen and oxygen atoms in total. The summed E-state index contributed by atoms with van der Waals surface area (Å²) in [6.07, 6.45) is 2.11. The van der Waals surface area contributed by atoms with Crippen molar-refractivity contribution in [3.63, 3.8) is 0 Å². The average molecular weight is 265 g/mol. The fourth-order valence-electron chi connectivity index (χ4n) is 2.90. The minimum Gasteiger partial charge on any atom is -0.355 e. The molecule has 0 saturated carbocycles. The summed E-state index contributed by atoms with van der Waals surface area (Å²) >= 11 is 0. The van der Waals surface area contributed by atoms with E-state index < -0.39 is 0 Å². The van der Waals surface area contributed by atoms with Crippen molar-refractivity contribution in [2.24, 2.45) is 12.8 Å². The van der Waals surface area contributed by atoms with Crippen molar-refractivity contribution in [1.29, 1.82) is 0 Å². The molecule has 1 aromatic rings. The fourth-order valence-corrected chi connectivity index (χ4v) is 2.90. The van der Waals surface area contributed by atoms with Crippen LogP contribution in [0, 0.1) is 6.92 Å². The van der Waals surface area contributed by atoms with E-state index in [-0.39, 0.29) is 6.04 Å². The Balaban J connectivity index is 2.27. The van der Waals surface area contributed by atoms with Crippen molar-refractivity contribution < 1.29 is 0 Å². The Labute approximate surface area is 116 Å². The van der Waals surface area contributed by atoms with Gasteiger partial charge >= 0.3 is 0 Å². The van der Waals surface area contributed by atoms with Gasteiger partial charge in [-0.15, -0.1) is 0 Å². The molecule has 19 heavy (non-hydrogen) atoms. The van der Waals surface area contributed by atoms with Gasteiger partial charge in [-0.2, -0.15) is 5.10 Å². The van der Waals surface area contributed by atoms with Crippen LogP contribution in [0.5, 0.6) is 0 Å². The highest BCUT2D eigenvalue weighted by molar-refractivity contribution is 5.50. The third-order valence-electron chi connectivity index (χ3n) is 3.86. The van der Waals surface area contributed by atoms with Crippen LogP contribution in [0.3, 0.4) is 0 Å². The third kappa shape index (κ3) is 3.28. The molecule has 1 unspecified atom stereocenters. The Morgan fingerprint density at radius 1 is 1.21 bits per heavy atom. The zero-order valence-corrected chi connectivity index (χ0v) is 12.7. The highest BCUT2D eigenvalue weighted by Gasteiger charge is 2.21. The number of anilines is 1. The van der Waals surface area contributed by atoms with Gasteiger partial charge in [-0.3, -0.25) is 4.68 Å². The summed E-state index contributed by atoms with van der Waals surface area (Å²) in [5.74, 6) is 1.27. The number of nitrogens with two attached hydrogens (primary N) is 1. The number of likely N-dealkylation sites (N-methyl/N-ethyl adjacent to an activating group) is 1. The van der Waals surface area contributed by atoms with Crippen LogP contribution < -0.4 is 10.6 Å². The Morgan fingerprint density at radius 2 is 1.95 bits per heavy atom. The Hall–Kier alpha value is -1.07. The number of aryl methyl sites for hydroxylation is 2. The van der Waals surface area contributed by atoms with Gasteiger partial charge in [0.05, 0.1) is 5.69 Å². The zero-order valence-electron chi connectivity index (χ0n) is 12.7. The Morgan fingerprint density at radius 3 is 2.63 bits per heavy atom. The first-order valence-corrected chi connectivity index (χ1v) is 7.20. The van der Waals surface area contributed by atoms with Crippen molar-refractivity contribution >= 4 is 5.82 Å². The van der Waals surface area contributed by atoms with Crippen LogP contribution in [0.4, 0.5) is 5.82 Å². The number of nitrogens with zero attached hydrogens (tertiary/aromatic N) is 4. The van der Waals surface area contributed by atoms with Crippen LogP contribution in [0.1, 0.15) is 24.6 Å². The van der Waals surface area contributed by atoms with Crippen molar-refractivity contribution in [2.45, 2.75) is 32.7 Å². The summed E-state index contributed by atoms with van der Waals surface area (Å²) in [7, 11) is 4.24. The minimum absolute atomic E-state index is 0.177. The van der Waals surface area contributed by atoms with Crippen molar-refractivity contribution in [3.05, 3.63) is 11.3 Å². The van der Waals surface area contributed by atoms with E-state index in [1.165, 1.54) is 24.3 Å². The average Bonchev–Trinajstić information content (AvgIpc) is 2.51. The number of rotatable bonds is 3. The molecular weight excluding hydrogens is 238 g/mol. The summed E-state index contributed by atoms with van der Waals surface area (Å²) < 4.78 is 2.03. The highest BCUT2D eigenvalue weighted by Crippen LogP contribution is 2.25. The summed E-state index contributed by atoms with van der Waals surface area (Å²) in [6, 6.07) is 0.177. The van der Waals surface area contributed by atoms with Crippen LogP contribution in [-0.2, 0) is 13.5 Å². The van der Waals surface area contributed by atoms with Gasteiger partial charge in [-0.1, -0.05) is 0 Å². The van der Waals surface area contributed by atoms with Gasteiger partial charge in [0.15, 0.2) is 0 Å². The van der Waals surface area contributed by atoms with E-state index in [1.54, 1.807) is 0 Å². The Bertz CT molecular complexity index is 424. The van der Waals surface area contributed by atoms with Crippen molar-refractivity contribution in [3.8, 4) is 0 Å². The molecule has 0 amide bonds. The molecule has 1 aromatic heterocycles. The lowest BCUT2D eigenvalue weighted by molar-refractivity contribution is 0.360. The molecule has 1 atom stereocenters. The second-order valence-corrected chi connectivity index (χ2v) is 5.84. The topological polar surface area (TPSA) is 50.3 Å². The smallest absolute Gasteiger partial charge is 0.130 e. The van der Waals surface area contributed by atoms with Crippen LogP contribution in [0.25, 0.3) is 0 Å². The third-order valence-corrected chi connectivity index (χ3v) is 3.86. The van der Waals surface area contributed by atoms with Gasteiger partial charge in [0, 0.05) is 38.3 Å². The van der Waals surface area contributed by atoms with Crippen molar-refractivity contribution in [1.82, 2.24) is 14.7 Å². The van der Waals surface area contributed by atoms with E-state index in [1.807, 2.05) is 11.7 Å². The van der Waals surface area contributed by atoms with Gasteiger partial charge in [0.2, 0.25) is 0 Å². The zero-order chi connectivity index (χ0) is 14.0. The number of hydrogen-bond acceptors (Lipinski definition) is 4. The molecule has 0 radical (unpaired) electrons. The predicted molar refractivity (Wildman–Crippen MR) is 79.6 cm³/mol. The molecule has 0 aromatic carbocycles. The molecule has 2 N–H and O–H groups in total. The summed E-state index contributed by atoms with van der Waals surface area (Å²) in [5.41, 5.74) is 8.43. The summed E-state index contributed by atoms with van der Waals surface area (Å²) in [5, 5.41) is 4.59. The normalized spacial score (nSPS) is 19.5. The minimum atomic E-state index is 0.177. The van der Waals surface area contributed by atoms with E-state index in [9.17, 15) is 0 Å². The van der Waals surface area contributed by atoms with Crippen molar-refractivity contribution in [2.75, 3.05) is 38.1 Å². The lowest BCUT2D eigenvalue weighted by atomic mass is 10.1. The second kappa shape index (κ2) is 5.92. The van der Waals surface area contributed by atoms with E-state index in [2.05, 4.69) is 35.8 Å². The van der Waals surface area contributed by atoms with Gasteiger partial charge in [-0.05, 0) is 40.3 Å². The molecule has 108 valence electrons. The van der Waals surface area contributed by atoms with Gasteiger partial charge in [0.1, 0.15) is 5.82 Å². The first-order chi connectivity index (χ1) is 8.99. The highest BCUT2D eigenvalue weighted by atomic mass is 15.4. The molecule has 1 aliphatic rings. The van der Waals surface area contributed by atoms with Gasteiger partial charge in [-0.25, -0.2) is 0 Å². The van der Waals surface area contributed by atoms with E-state index in [0.29, 0.717) is 0 Å². The lowest BCUT2D eigenvalue weighted by Crippen LogP contribution is -2.31. The van der Waals surface area contributed by atoms with E-state index >= 15 is 0 Å². The lowest BCUT2D eigenvalue weighted by Gasteiger charge is -2.24. The quantitative estimate of drug-likeness (QED) is 0.876. The molecule has 0 aliphatic carbocycles. The molecule has 5 heteroatoms. The maximum absolute atomic E-state index is 5.99. The molecular formula is C14H27N5. The van der Waals surface area contributed by atoms with Gasteiger partial charge < -0.3 is 15.5 Å². The largest absolute Gasteiger partial charge is 0.355 e. The predicted octanol–water partition coefficient (Wildman–Crippen LogP) is 0.760. The van der Waals surface area contributed by atoms with E-state index in [0.717, 1.165) is 31.7 Å². The van der Waals surface area contributed by atoms with Crippen LogP contribution in [0.15, 0.2) is 0 Å². The van der Waals surface area contributed by atoms with Gasteiger partial charge in [0.25, 0.3) is 0 Å². The maximum Gasteiger partial charge on any atom is 0.130 e. The molecule has 0 spiro atoms. The summed E-state index contributed by atoms with van der Waals surface area (Å²) in [6.45, 7) is 8.62. The first kappa shape index (κ1) is 14.3. The standard InChI is InChI=1S/C14H27N5/c1-11(15)10-13-12(2)16-18(4)14(13)19-7-5-6-17(3)8-9-19/h11H,5-10,15H2,1-4H3. The molecule has 1 aliphatic heterocycles. The Kier molecular flexibility index (Phi) is 4.47. The monoisotopic (exact) mass is 265 g/mol. The maximum atomic E-state index is 5.99. The number of aromatic nitrogens is 2. The molecule has 1 fully saturated rings. The fraction of sp³-hybridized carbons (Fsp3) is 0.786. The SMILES string of the molecule is Cc1nn(C)c(N2CCCN(C)CC2)c1CC(C)N. The van der Waals surface area contributed by atoms with Crippen LogP contribution in [0.2, 0.25) is 0 Å². The van der Waals surface area contributed by atoms with Crippen LogP contribution >= 0.6 is 0 Å². The molecule has 1 saturated heterocycles. The number of hydrogen-bond donors (Lipinski definition) is 1. The molecule has 2 rings (SSSR count). The van der Waals surface area contributed by atoms with Crippen LogP contribution in [-0.4, -0.2) is 53.9 Å².